The molecule has 1 aliphatic rings. The second kappa shape index (κ2) is 8.20. The highest BCUT2D eigenvalue weighted by Crippen LogP contribution is 2.31. The van der Waals surface area contributed by atoms with E-state index >= 15 is 0 Å². The lowest BCUT2D eigenvalue weighted by atomic mass is 10.1. The van der Waals surface area contributed by atoms with Gasteiger partial charge in [-0.25, -0.2) is 8.42 Å². The number of carbonyl (C=O) groups is 1. The summed E-state index contributed by atoms with van der Waals surface area (Å²) < 4.78 is 37.7. The molecule has 0 aliphatic carbocycles. The van der Waals surface area contributed by atoms with Crippen molar-refractivity contribution in [3.8, 4) is 11.5 Å². The van der Waals surface area contributed by atoms with Crippen LogP contribution in [0, 0.1) is 6.92 Å². The van der Waals surface area contributed by atoms with Gasteiger partial charge in [0.2, 0.25) is 10.0 Å². The molecule has 0 N–H and O–H groups in total. The van der Waals surface area contributed by atoms with Gasteiger partial charge in [0.15, 0.2) is 11.5 Å². The molecule has 0 unspecified atom stereocenters. The van der Waals surface area contributed by atoms with Crippen molar-refractivity contribution in [2.24, 2.45) is 0 Å². The van der Waals surface area contributed by atoms with E-state index in [0.29, 0.717) is 30.2 Å². The van der Waals surface area contributed by atoms with Crippen LogP contribution >= 0.6 is 0 Å². The van der Waals surface area contributed by atoms with E-state index in [0.717, 1.165) is 5.56 Å². The highest BCUT2D eigenvalue weighted by Gasteiger charge is 2.31. The fraction of sp³-hybridized carbons (Fsp3) is 0.350. The number of sulfonamides is 1. The second-order valence-electron chi connectivity index (χ2n) is 6.53. The van der Waals surface area contributed by atoms with Crippen LogP contribution in [-0.4, -0.2) is 63.9 Å². The lowest BCUT2D eigenvalue weighted by Crippen LogP contribution is -2.50. The summed E-state index contributed by atoms with van der Waals surface area (Å²) in [6, 6.07) is 11.9. The maximum Gasteiger partial charge on any atom is 0.254 e. The minimum Gasteiger partial charge on any atom is -0.493 e. The molecule has 8 heteroatoms. The topological polar surface area (TPSA) is 76.2 Å². The van der Waals surface area contributed by atoms with Gasteiger partial charge in [-0.3, -0.25) is 4.79 Å². The van der Waals surface area contributed by atoms with Gasteiger partial charge >= 0.3 is 0 Å². The Bertz CT molecular complexity index is 966. The van der Waals surface area contributed by atoms with E-state index in [1.165, 1.54) is 30.7 Å². The zero-order chi connectivity index (χ0) is 20.3. The highest BCUT2D eigenvalue weighted by molar-refractivity contribution is 7.89. The van der Waals surface area contributed by atoms with E-state index in [9.17, 15) is 13.2 Å². The predicted octanol–water partition coefficient (Wildman–Crippen LogP) is 2.16. The molecule has 0 atom stereocenters. The number of rotatable bonds is 5. The fourth-order valence-electron chi connectivity index (χ4n) is 3.24. The number of aryl methyl sites for hydroxylation is 1. The molecule has 0 saturated carbocycles. The predicted molar refractivity (Wildman–Crippen MR) is 105 cm³/mol. The molecular weight excluding hydrogens is 380 g/mol. The van der Waals surface area contributed by atoms with Gasteiger partial charge < -0.3 is 14.4 Å². The molecule has 0 aromatic heterocycles. The minimum atomic E-state index is -3.68. The molecule has 1 heterocycles. The first-order valence-corrected chi connectivity index (χ1v) is 10.4. The van der Waals surface area contributed by atoms with Crippen LogP contribution in [0.4, 0.5) is 0 Å². The van der Waals surface area contributed by atoms with Gasteiger partial charge in [0, 0.05) is 37.8 Å². The number of piperazine rings is 1. The third-order valence-corrected chi connectivity index (χ3v) is 6.79. The molecule has 1 amide bonds. The molecule has 28 heavy (non-hydrogen) atoms. The number of hydrogen-bond donors (Lipinski definition) is 0. The van der Waals surface area contributed by atoms with E-state index < -0.39 is 10.0 Å². The third kappa shape index (κ3) is 3.83. The molecule has 7 nitrogen and oxygen atoms in total. The van der Waals surface area contributed by atoms with Gasteiger partial charge in [0.05, 0.1) is 19.1 Å². The summed E-state index contributed by atoms with van der Waals surface area (Å²) in [5.41, 5.74) is 1.56. The molecule has 0 radical (unpaired) electrons. The number of amides is 1. The number of ether oxygens (including phenoxy) is 2. The van der Waals surface area contributed by atoms with Gasteiger partial charge in [-0.1, -0.05) is 18.2 Å². The third-order valence-electron chi connectivity index (χ3n) is 4.89. The van der Waals surface area contributed by atoms with Crippen LogP contribution in [0.15, 0.2) is 47.4 Å². The van der Waals surface area contributed by atoms with E-state index in [-0.39, 0.29) is 23.9 Å². The summed E-state index contributed by atoms with van der Waals surface area (Å²) in [7, 11) is -0.722. The normalized spacial score (nSPS) is 15.3. The molecule has 0 bridgehead atoms. The number of carbonyl (C=O) groups excluding carboxylic acids is 1. The van der Waals surface area contributed by atoms with Crippen LogP contribution in [0.25, 0.3) is 0 Å². The van der Waals surface area contributed by atoms with Crippen molar-refractivity contribution < 1.29 is 22.7 Å². The number of nitrogens with zero attached hydrogens (tertiary/aromatic N) is 2. The lowest BCUT2D eigenvalue weighted by Gasteiger charge is -2.34. The zero-order valence-electron chi connectivity index (χ0n) is 16.2. The average molecular weight is 404 g/mol. The summed E-state index contributed by atoms with van der Waals surface area (Å²) in [5, 5.41) is 0. The Morgan fingerprint density at radius 1 is 0.929 bits per heavy atom. The van der Waals surface area contributed by atoms with Crippen LogP contribution in [0.3, 0.4) is 0 Å². The summed E-state index contributed by atoms with van der Waals surface area (Å²) >= 11 is 0. The molecule has 1 fully saturated rings. The first-order chi connectivity index (χ1) is 13.4. The fourth-order valence-corrected chi connectivity index (χ4v) is 4.68. The first-order valence-electron chi connectivity index (χ1n) is 8.95. The van der Waals surface area contributed by atoms with Gasteiger partial charge in [-0.15, -0.1) is 0 Å². The molecule has 1 aliphatic heterocycles. The Balaban J connectivity index is 1.74. The number of benzene rings is 2. The van der Waals surface area contributed by atoms with Crippen molar-refractivity contribution in [1.29, 1.82) is 0 Å². The molecular formula is C20H24N2O5S. The molecule has 2 aromatic carbocycles. The van der Waals surface area contributed by atoms with Crippen LogP contribution in [0.2, 0.25) is 0 Å². The van der Waals surface area contributed by atoms with Crippen molar-refractivity contribution >= 4 is 15.9 Å². The summed E-state index contributed by atoms with van der Waals surface area (Å²) in [5.74, 6) is 0.758. The number of methoxy groups -OCH3 is 2. The summed E-state index contributed by atoms with van der Waals surface area (Å²) in [6.07, 6.45) is 0. The largest absolute Gasteiger partial charge is 0.493 e. The second-order valence-corrected chi connectivity index (χ2v) is 8.47. The highest BCUT2D eigenvalue weighted by atomic mass is 32.2. The van der Waals surface area contributed by atoms with Crippen LogP contribution in [-0.2, 0) is 10.0 Å². The molecule has 1 saturated heterocycles. The Hall–Kier alpha value is -2.58. The van der Waals surface area contributed by atoms with Crippen molar-refractivity contribution in [1.82, 2.24) is 9.21 Å². The maximum atomic E-state index is 13.0. The van der Waals surface area contributed by atoms with Gasteiger partial charge in [0.1, 0.15) is 0 Å². The Morgan fingerprint density at radius 3 is 2.18 bits per heavy atom. The van der Waals surface area contributed by atoms with Crippen molar-refractivity contribution in [3.63, 3.8) is 0 Å². The average Bonchev–Trinajstić information content (AvgIpc) is 2.73. The summed E-state index contributed by atoms with van der Waals surface area (Å²) in [6.45, 7) is 3.08. The Kier molecular flexibility index (Phi) is 5.90. The van der Waals surface area contributed by atoms with E-state index in [2.05, 4.69) is 0 Å². The SMILES string of the molecule is COc1ccc(S(=O)(=O)N2CCN(C(=O)c3ccccc3C)CC2)cc1OC. The number of hydrogen-bond acceptors (Lipinski definition) is 5. The van der Waals surface area contributed by atoms with Crippen molar-refractivity contribution in [2.75, 3.05) is 40.4 Å². The van der Waals surface area contributed by atoms with Crippen LogP contribution in [0.1, 0.15) is 15.9 Å². The van der Waals surface area contributed by atoms with Crippen molar-refractivity contribution in [2.45, 2.75) is 11.8 Å². The maximum absolute atomic E-state index is 13.0. The molecule has 3 rings (SSSR count). The monoisotopic (exact) mass is 404 g/mol. The van der Waals surface area contributed by atoms with Gasteiger partial charge in [-0.2, -0.15) is 4.31 Å². The molecule has 150 valence electrons. The summed E-state index contributed by atoms with van der Waals surface area (Å²) in [4.78, 5) is 14.6. The van der Waals surface area contributed by atoms with E-state index in [1.54, 1.807) is 17.0 Å². The van der Waals surface area contributed by atoms with Gasteiger partial charge in [-0.05, 0) is 30.7 Å². The van der Waals surface area contributed by atoms with Crippen molar-refractivity contribution in [3.05, 3.63) is 53.6 Å². The lowest BCUT2D eigenvalue weighted by molar-refractivity contribution is 0.0697. The smallest absolute Gasteiger partial charge is 0.254 e. The minimum absolute atomic E-state index is 0.0683. The Labute approximate surface area is 165 Å². The molecule has 2 aromatic rings. The van der Waals surface area contributed by atoms with Gasteiger partial charge in [0.25, 0.3) is 5.91 Å². The first kappa shape index (κ1) is 20.2. The Morgan fingerprint density at radius 2 is 1.57 bits per heavy atom. The van der Waals surface area contributed by atoms with E-state index in [1.807, 2.05) is 25.1 Å². The molecule has 0 spiro atoms. The van der Waals surface area contributed by atoms with E-state index in [4.69, 9.17) is 9.47 Å². The van der Waals surface area contributed by atoms with Crippen LogP contribution in [0.5, 0.6) is 11.5 Å². The quantitative estimate of drug-likeness (QED) is 0.763. The zero-order valence-corrected chi connectivity index (χ0v) is 17.0. The standard InChI is InChI=1S/C20H24N2O5S/c1-15-6-4-5-7-17(15)20(23)21-10-12-22(13-11-21)28(24,25)16-8-9-18(26-2)19(14-16)27-3/h4-9,14H,10-13H2,1-3H3. The van der Waals surface area contributed by atoms with Crippen LogP contribution < -0.4 is 9.47 Å².